The van der Waals surface area contributed by atoms with Gasteiger partial charge in [0.15, 0.2) is 0 Å². The molecular weight excluding hydrogens is 343 g/mol. The second-order valence-electron chi connectivity index (χ2n) is 5.67. The van der Waals surface area contributed by atoms with Crippen LogP contribution in [0.1, 0.15) is 52.3 Å². The van der Waals surface area contributed by atoms with Crippen molar-refractivity contribution in [2.45, 2.75) is 57.5 Å². The Balaban J connectivity index is 2.97. The molecule has 0 aliphatic rings. The van der Waals surface area contributed by atoms with Crippen molar-refractivity contribution in [3.63, 3.8) is 0 Å². The molecule has 0 spiro atoms. The standard InChI is InChI=1S/C14H22BrFN2OS/c1-5-7-10(16)13(18-20(19)14(2,3)4)11-8-6-9-12(15)17-11/h6,8-10,13,18H,5,7H2,1-4H3/t10?,13-,20+/m0/s1. The monoisotopic (exact) mass is 364 g/mol. The molecule has 0 bridgehead atoms. The van der Waals surface area contributed by atoms with Gasteiger partial charge in [0.1, 0.15) is 21.6 Å². The van der Waals surface area contributed by atoms with Gasteiger partial charge in [-0.1, -0.05) is 19.4 Å². The second-order valence-corrected chi connectivity index (χ2v) is 8.48. The highest BCUT2D eigenvalue weighted by molar-refractivity contribution is 9.10. The third kappa shape index (κ3) is 5.31. The lowest BCUT2D eigenvalue weighted by Crippen LogP contribution is -2.44. The molecule has 1 rings (SSSR count). The van der Waals surface area contributed by atoms with Crippen molar-refractivity contribution in [1.29, 1.82) is 0 Å². The van der Waals surface area contributed by atoms with E-state index in [9.17, 15) is 8.94 Å². The van der Waals surface area contributed by atoms with Crippen LogP contribution < -0.4 is 4.72 Å². The molecule has 0 saturated heterocycles. The van der Waals surface area contributed by atoms with Gasteiger partial charge in [0.05, 0.1) is 5.69 Å². The summed E-state index contributed by atoms with van der Waals surface area (Å²) in [6.45, 7) is 7.50. The zero-order chi connectivity index (χ0) is 15.3. The summed E-state index contributed by atoms with van der Waals surface area (Å²) in [6.07, 6.45) is 0.0241. The van der Waals surface area contributed by atoms with Crippen molar-refractivity contribution in [1.82, 2.24) is 9.71 Å². The minimum Gasteiger partial charge on any atom is -0.598 e. The molecule has 1 heterocycles. The summed E-state index contributed by atoms with van der Waals surface area (Å²) in [5.41, 5.74) is 0.568. The SMILES string of the molecule is CCCC(F)[C@H](N[S@+]([O-])C(C)(C)C)c1cccc(Br)n1. The first kappa shape index (κ1) is 17.9. The molecule has 20 heavy (non-hydrogen) atoms. The lowest BCUT2D eigenvalue weighted by molar-refractivity contribution is 0.249. The minimum absolute atomic E-state index is 0.410. The van der Waals surface area contributed by atoms with E-state index in [2.05, 4.69) is 25.6 Å². The van der Waals surface area contributed by atoms with Gasteiger partial charge in [-0.2, -0.15) is 0 Å². The Morgan fingerprint density at radius 3 is 2.60 bits per heavy atom. The largest absolute Gasteiger partial charge is 0.598 e. The number of nitrogens with zero attached hydrogens (tertiary/aromatic N) is 1. The molecule has 1 aromatic rings. The maximum absolute atomic E-state index is 14.4. The fraction of sp³-hybridized carbons (Fsp3) is 0.643. The van der Waals surface area contributed by atoms with Gasteiger partial charge in [-0.25, -0.2) is 9.37 Å². The van der Waals surface area contributed by atoms with Crippen LogP contribution in [0.5, 0.6) is 0 Å². The Hall–Kier alpha value is -0.170. The van der Waals surface area contributed by atoms with Gasteiger partial charge in [-0.3, -0.25) is 0 Å². The van der Waals surface area contributed by atoms with Crippen LogP contribution in [-0.2, 0) is 11.4 Å². The lowest BCUT2D eigenvalue weighted by atomic mass is 10.1. The number of pyridine rings is 1. The Morgan fingerprint density at radius 2 is 2.10 bits per heavy atom. The second kappa shape index (κ2) is 7.73. The van der Waals surface area contributed by atoms with Crippen LogP contribution in [-0.4, -0.2) is 20.5 Å². The number of halogens is 2. The number of hydrogen-bond acceptors (Lipinski definition) is 3. The number of alkyl halides is 1. The first-order chi connectivity index (χ1) is 9.25. The molecule has 1 unspecified atom stereocenters. The average Bonchev–Trinajstić information content (AvgIpc) is 2.34. The van der Waals surface area contributed by atoms with E-state index in [1.54, 1.807) is 18.2 Å². The van der Waals surface area contributed by atoms with Crippen molar-refractivity contribution in [2.24, 2.45) is 0 Å². The fourth-order valence-corrected chi connectivity index (χ4v) is 2.86. The van der Waals surface area contributed by atoms with Crippen LogP contribution in [0.3, 0.4) is 0 Å². The van der Waals surface area contributed by atoms with E-state index in [0.717, 1.165) is 6.42 Å². The first-order valence-electron chi connectivity index (χ1n) is 6.70. The molecule has 1 aromatic heterocycles. The highest BCUT2D eigenvalue weighted by Crippen LogP contribution is 2.26. The number of aromatic nitrogens is 1. The summed E-state index contributed by atoms with van der Waals surface area (Å²) in [5, 5.41) is 0. The zero-order valence-electron chi connectivity index (χ0n) is 12.3. The predicted molar refractivity (Wildman–Crippen MR) is 85.5 cm³/mol. The third-order valence-corrected chi connectivity index (χ3v) is 4.79. The lowest BCUT2D eigenvalue weighted by Gasteiger charge is -2.29. The summed E-state index contributed by atoms with van der Waals surface area (Å²) >= 11 is 1.94. The topological polar surface area (TPSA) is 48.0 Å². The highest BCUT2D eigenvalue weighted by atomic mass is 79.9. The van der Waals surface area contributed by atoms with Gasteiger partial charge in [0.25, 0.3) is 0 Å². The van der Waals surface area contributed by atoms with Crippen molar-refractivity contribution in [2.75, 3.05) is 0 Å². The Morgan fingerprint density at radius 1 is 1.45 bits per heavy atom. The van der Waals surface area contributed by atoms with Gasteiger partial charge >= 0.3 is 0 Å². The highest BCUT2D eigenvalue weighted by Gasteiger charge is 2.34. The van der Waals surface area contributed by atoms with Crippen LogP contribution in [0.2, 0.25) is 0 Å². The molecule has 3 nitrogen and oxygen atoms in total. The Bertz CT molecular complexity index is 428. The van der Waals surface area contributed by atoms with Gasteiger partial charge in [-0.05, 0) is 55.3 Å². The van der Waals surface area contributed by atoms with Crippen molar-refractivity contribution in [3.8, 4) is 0 Å². The molecule has 0 radical (unpaired) electrons. The van der Waals surface area contributed by atoms with Crippen molar-refractivity contribution < 1.29 is 8.94 Å². The average molecular weight is 365 g/mol. The molecular formula is C14H22BrFN2OS. The molecule has 0 aromatic carbocycles. The van der Waals surface area contributed by atoms with Gasteiger partial charge < -0.3 is 4.55 Å². The molecule has 1 N–H and O–H groups in total. The number of hydrogen-bond donors (Lipinski definition) is 1. The number of nitrogens with one attached hydrogen (secondary N) is 1. The molecule has 0 aliphatic carbocycles. The van der Waals surface area contributed by atoms with E-state index in [0.29, 0.717) is 16.7 Å². The maximum atomic E-state index is 14.4. The van der Waals surface area contributed by atoms with Crippen LogP contribution >= 0.6 is 15.9 Å². The van der Waals surface area contributed by atoms with Gasteiger partial charge in [0, 0.05) is 11.4 Å². The summed E-state index contributed by atoms with van der Waals surface area (Å²) in [7, 11) is 0. The van der Waals surface area contributed by atoms with Crippen LogP contribution in [0.4, 0.5) is 4.39 Å². The van der Waals surface area contributed by atoms with Gasteiger partial charge in [-0.15, -0.1) is 4.72 Å². The third-order valence-electron chi connectivity index (χ3n) is 2.77. The smallest absolute Gasteiger partial charge is 0.136 e. The molecule has 0 fully saturated rings. The summed E-state index contributed by atoms with van der Waals surface area (Å²) in [4.78, 5) is 4.29. The quantitative estimate of drug-likeness (QED) is 0.611. The zero-order valence-corrected chi connectivity index (χ0v) is 14.7. The molecule has 0 aliphatic heterocycles. The van der Waals surface area contributed by atoms with E-state index in [1.807, 2.05) is 27.7 Å². The van der Waals surface area contributed by atoms with Crippen molar-refractivity contribution in [3.05, 3.63) is 28.5 Å². The minimum atomic E-state index is -1.34. The van der Waals surface area contributed by atoms with Crippen LogP contribution in [0, 0.1) is 0 Å². The van der Waals surface area contributed by atoms with Crippen molar-refractivity contribution >= 4 is 27.3 Å². The molecule has 6 heteroatoms. The number of rotatable bonds is 6. The van der Waals surface area contributed by atoms with E-state index in [4.69, 9.17) is 0 Å². The molecule has 3 atom stereocenters. The van der Waals surface area contributed by atoms with E-state index in [-0.39, 0.29) is 0 Å². The maximum Gasteiger partial charge on any atom is 0.136 e. The molecule has 0 amide bonds. The Labute approximate surface area is 132 Å². The van der Waals surface area contributed by atoms with E-state index in [1.165, 1.54) is 0 Å². The fourth-order valence-electron chi connectivity index (χ4n) is 1.65. The predicted octanol–water partition coefficient (Wildman–Crippen LogP) is 4.08. The summed E-state index contributed by atoms with van der Waals surface area (Å²) in [5.74, 6) is 0. The normalized spacial score (nSPS) is 16.8. The Kier molecular flexibility index (Phi) is 6.91. The molecule has 0 saturated carbocycles. The van der Waals surface area contributed by atoms with E-state index >= 15 is 0 Å². The first-order valence-corrected chi connectivity index (χ1v) is 8.64. The summed E-state index contributed by atoms with van der Waals surface area (Å²) < 4.78 is 29.7. The summed E-state index contributed by atoms with van der Waals surface area (Å²) in [6, 6.07) is 4.69. The van der Waals surface area contributed by atoms with Gasteiger partial charge in [0.2, 0.25) is 0 Å². The van der Waals surface area contributed by atoms with Crippen LogP contribution in [0.25, 0.3) is 0 Å². The molecule has 114 valence electrons. The van der Waals surface area contributed by atoms with E-state index < -0.39 is 28.3 Å². The van der Waals surface area contributed by atoms with Crippen LogP contribution in [0.15, 0.2) is 22.8 Å².